The van der Waals surface area contributed by atoms with Crippen LogP contribution in [0, 0.1) is 0 Å². The maximum Gasteiger partial charge on any atom is 0.258 e. The summed E-state index contributed by atoms with van der Waals surface area (Å²) >= 11 is 0. The first-order valence-electron chi connectivity index (χ1n) is 5.61. The van der Waals surface area contributed by atoms with E-state index in [9.17, 15) is 8.42 Å². The van der Waals surface area contributed by atoms with Gasteiger partial charge in [0.1, 0.15) is 0 Å². The normalized spacial score (nSPS) is 13.4. The fourth-order valence-electron chi connectivity index (χ4n) is 1.63. The van der Waals surface area contributed by atoms with Gasteiger partial charge in [-0.15, -0.1) is 0 Å². The minimum atomic E-state index is -3.78. The maximum atomic E-state index is 12.1. The second-order valence-corrected chi connectivity index (χ2v) is 5.63. The van der Waals surface area contributed by atoms with Crippen molar-refractivity contribution in [3.8, 4) is 0 Å². The Hall–Kier alpha value is -1.77. The van der Waals surface area contributed by atoms with Crippen molar-refractivity contribution in [3.05, 3.63) is 41.9 Å². The Bertz CT molecular complexity index is 639. The second-order valence-electron chi connectivity index (χ2n) is 3.98. The highest BCUT2D eigenvalue weighted by Crippen LogP contribution is 2.16. The summed E-state index contributed by atoms with van der Waals surface area (Å²) in [6, 6.07) is 4.78. The van der Waals surface area contributed by atoms with Gasteiger partial charge in [0.15, 0.2) is 5.03 Å². The van der Waals surface area contributed by atoms with Crippen LogP contribution >= 0.6 is 0 Å². The molecule has 0 amide bonds. The van der Waals surface area contributed by atoms with Gasteiger partial charge in [-0.25, -0.2) is 13.1 Å². The third-order valence-corrected chi connectivity index (χ3v) is 4.14. The van der Waals surface area contributed by atoms with Crippen LogP contribution in [0.15, 0.2) is 35.6 Å². The van der Waals surface area contributed by atoms with Crippen molar-refractivity contribution in [1.82, 2.24) is 19.9 Å². The number of aliphatic hydroxyl groups excluding tert-OH is 1. The van der Waals surface area contributed by atoms with E-state index in [0.717, 1.165) is 0 Å². The molecule has 7 nitrogen and oxygen atoms in total. The van der Waals surface area contributed by atoms with Gasteiger partial charge in [0, 0.05) is 11.8 Å². The summed E-state index contributed by atoms with van der Waals surface area (Å²) in [5.41, 5.74) is 0.830. The zero-order valence-corrected chi connectivity index (χ0v) is 11.1. The van der Waals surface area contributed by atoms with E-state index in [0.29, 0.717) is 5.69 Å². The van der Waals surface area contributed by atoms with Gasteiger partial charge in [0.25, 0.3) is 10.0 Å². The molecule has 1 unspecified atom stereocenters. The van der Waals surface area contributed by atoms with Crippen molar-refractivity contribution in [2.75, 3.05) is 0 Å². The number of nitrogens with one attached hydrogen (secondary N) is 2. The number of hydrogen-bond acceptors (Lipinski definition) is 5. The van der Waals surface area contributed by atoms with E-state index in [-0.39, 0.29) is 10.6 Å². The van der Waals surface area contributed by atoms with E-state index in [4.69, 9.17) is 5.11 Å². The first-order chi connectivity index (χ1) is 9.04. The first kappa shape index (κ1) is 13.7. The van der Waals surface area contributed by atoms with Gasteiger partial charge in [-0.1, -0.05) is 6.07 Å². The fraction of sp³-hybridized carbons (Fsp3) is 0.273. The third-order valence-electron chi connectivity index (χ3n) is 2.58. The molecule has 19 heavy (non-hydrogen) atoms. The molecule has 0 aliphatic rings. The molecule has 2 aromatic rings. The van der Waals surface area contributed by atoms with Crippen LogP contribution in [-0.4, -0.2) is 28.7 Å². The summed E-state index contributed by atoms with van der Waals surface area (Å²) in [7, 11) is -3.78. The van der Waals surface area contributed by atoms with E-state index in [1.54, 1.807) is 31.3 Å². The van der Waals surface area contributed by atoms with Gasteiger partial charge in [0.05, 0.1) is 24.5 Å². The van der Waals surface area contributed by atoms with Crippen LogP contribution in [-0.2, 0) is 16.6 Å². The number of rotatable bonds is 5. The van der Waals surface area contributed by atoms with E-state index >= 15 is 0 Å². The molecule has 0 saturated heterocycles. The molecule has 0 aliphatic heterocycles. The molecule has 0 aromatic carbocycles. The monoisotopic (exact) mass is 282 g/mol. The molecule has 0 spiro atoms. The van der Waals surface area contributed by atoms with Crippen LogP contribution in [0.3, 0.4) is 0 Å². The van der Waals surface area contributed by atoms with Crippen molar-refractivity contribution in [3.63, 3.8) is 0 Å². The third kappa shape index (κ3) is 2.98. The molecule has 2 aromatic heterocycles. The van der Waals surface area contributed by atoms with Gasteiger partial charge < -0.3 is 5.11 Å². The lowest BCUT2D eigenvalue weighted by atomic mass is 10.2. The van der Waals surface area contributed by atoms with Crippen LogP contribution in [0.4, 0.5) is 0 Å². The lowest BCUT2D eigenvalue weighted by molar-refractivity contribution is 0.278. The number of nitrogens with zero attached hydrogens (tertiary/aromatic N) is 2. The van der Waals surface area contributed by atoms with Gasteiger partial charge in [-0.2, -0.15) is 5.10 Å². The summed E-state index contributed by atoms with van der Waals surface area (Å²) in [6.45, 7) is 1.29. The Balaban J connectivity index is 2.23. The topological polar surface area (TPSA) is 108 Å². The Morgan fingerprint density at radius 1 is 1.47 bits per heavy atom. The summed E-state index contributed by atoms with van der Waals surface area (Å²) < 4.78 is 26.7. The standard InChI is InChI=1S/C11H14N4O3S/c1-8(10-4-2-3-5-12-10)15-19(17,18)11-9(7-16)6-13-14-11/h2-6,8,15-16H,7H2,1H3,(H,13,14). The van der Waals surface area contributed by atoms with Gasteiger partial charge in [-0.05, 0) is 19.1 Å². The SMILES string of the molecule is CC(NS(=O)(=O)c1[nH]ncc1CO)c1ccccn1. The zero-order valence-electron chi connectivity index (χ0n) is 10.2. The second kappa shape index (κ2) is 5.47. The van der Waals surface area contributed by atoms with Gasteiger partial charge >= 0.3 is 0 Å². The molecular formula is C11H14N4O3S. The van der Waals surface area contributed by atoms with E-state index in [2.05, 4.69) is 19.9 Å². The van der Waals surface area contributed by atoms with E-state index < -0.39 is 22.7 Å². The van der Waals surface area contributed by atoms with Crippen molar-refractivity contribution in [1.29, 1.82) is 0 Å². The minimum Gasteiger partial charge on any atom is -0.392 e. The van der Waals surface area contributed by atoms with Crippen LogP contribution in [0.5, 0.6) is 0 Å². The smallest absolute Gasteiger partial charge is 0.258 e. The summed E-state index contributed by atoms with van der Waals surface area (Å²) in [6.07, 6.45) is 2.87. The Labute approximate surface area is 110 Å². The van der Waals surface area contributed by atoms with Crippen LogP contribution < -0.4 is 4.72 Å². The number of hydrogen-bond donors (Lipinski definition) is 3. The van der Waals surface area contributed by atoms with Crippen molar-refractivity contribution in [2.45, 2.75) is 24.6 Å². The van der Waals surface area contributed by atoms with E-state index in [1.807, 2.05) is 0 Å². The first-order valence-corrected chi connectivity index (χ1v) is 7.09. The lowest BCUT2D eigenvalue weighted by Crippen LogP contribution is -2.28. The fourth-order valence-corrected chi connectivity index (χ4v) is 2.97. The molecule has 0 radical (unpaired) electrons. The zero-order chi connectivity index (χ0) is 13.9. The average molecular weight is 282 g/mol. The lowest BCUT2D eigenvalue weighted by Gasteiger charge is -2.13. The molecule has 3 N–H and O–H groups in total. The molecule has 0 fully saturated rings. The minimum absolute atomic E-state index is 0.127. The number of aromatic nitrogens is 3. The summed E-state index contributed by atoms with van der Waals surface area (Å²) in [5, 5.41) is 14.9. The highest BCUT2D eigenvalue weighted by atomic mass is 32.2. The largest absolute Gasteiger partial charge is 0.392 e. The Kier molecular flexibility index (Phi) is 3.93. The molecule has 0 saturated carbocycles. The van der Waals surface area contributed by atoms with Gasteiger partial charge in [-0.3, -0.25) is 10.1 Å². The van der Waals surface area contributed by atoms with Crippen LogP contribution in [0.25, 0.3) is 0 Å². The van der Waals surface area contributed by atoms with Crippen LogP contribution in [0.1, 0.15) is 24.2 Å². The molecule has 2 rings (SSSR count). The maximum absolute atomic E-state index is 12.1. The molecule has 102 valence electrons. The van der Waals surface area contributed by atoms with E-state index in [1.165, 1.54) is 6.20 Å². The molecule has 2 heterocycles. The number of aliphatic hydroxyl groups is 1. The quantitative estimate of drug-likeness (QED) is 0.732. The molecule has 0 aliphatic carbocycles. The summed E-state index contributed by atoms with van der Waals surface area (Å²) in [5.74, 6) is 0. The van der Waals surface area contributed by atoms with Crippen molar-refractivity contribution in [2.24, 2.45) is 0 Å². The van der Waals surface area contributed by atoms with Crippen LogP contribution in [0.2, 0.25) is 0 Å². The molecule has 1 atom stereocenters. The Morgan fingerprint density at radius 2 is 2.26 bits per heavy atom. The molecular weight excluding hydrogens is 268 g/mol. The van der Waals surface area contributed by atoms with Gasteiger partial charge in [0.2, 0.25) is 0 Å². The number of H-pyrrole nitrogens is 1. The molecule has 8 heteroatoms. The number of aromatic amines is 1. The Morgan fingerprint density at radius 3 is 2.89 bits per heavy atom. The highest BCUT2D eigenvalue weighted by molar-refractivity contribution is 7.89. The predicted molar refractivity (Wildman–Crippen MR) is 67.5 cm³/mol. The predicted octanol–water partition coefficient (Wildman–Crippen LogP) is 0.336. The highest BCUT2D eigenvalue weighted by Gasteiger charge is 2.23. The average Bonchev–Trinajstić information content (AvgIpc) is 2.88. The molecule has 0 bridgehead atoms. The number of sulfonamides is 1. The van der Waals surface area contributed by atoms with Crippen molar-refractivity contribution >= 4 is 10.0 Å². The summed E-state index contributed by atoms with van der Waals surface area (Å²) in [4.78, 5) is 4.08. The number of pyridine rings is 1. The van der Waals surface area contributed by atoms with Crippen molar-refractivity contribution < 1.29 is 13.5 Å².